The lowest BCUT2D eigenvalue weighted by molar-refractivity contribution is -0.115. The number of hydrogen-bond acceptors (Lipinski definition) is 4. The maximum absolute atomic E-state index is 12.9. The molecule has 2 rings (SSSR count). The van der Waals surface area contributed by atoms with Crippen LogP contribution < -0.4 is 4.90 Å². The number of nitrogens with one attached hydrogen (secondary N) is 1. The van der Waals surface area contributed by atoms with Gasteiger partial charge in [0.25, 0.3) is 5.91 Å². The maximum atomic E-state index is 12.9. The van der Waals surface area contributed by atoms with E-state index in [1.54, 1.807) is 11.0 Å². The van der Waals surface area contributed by atoms with E-state index in [1.165, 1.54) is 11.3 Å². The first-order valence-electron chi connectivity index (χ1n) is 7.90. The molecule has 0 aliphatic carbocycles. The molecule has 0 aliphatic heterocycles. The zero-order valence-electron chi connectivity index (χ0n) is 14.3. The van der Waals surface area contributed by atoms with E-state index in [0.717, 1.165) is 15.9 Å². The van der Waals surface area contributed by atoms with Crippen LogP contribution in [0.3, 0.4) is 0 Å². The summed E-state index contributed by atoms with van der Waals surface area (Å²) >= 11 is 6.65. The molecule has 0 radical (unpaired) electrons. The van der Waals surface area contributed by atoms with Gasteiger partial charge in [0.15, 0.2) is 3.95 Å². The Morgan fingerprint density at radius 2 is 2.12 bits per heavy atom. The fourth-order valence-corrected chi connectivity index (χ4v) is 3.55. The molecule has 0 fully saturated rings. The summed E-state index contributed by atoms with van der Waals surface area (Å²) in [6.07, 6.45) is 2.44. The van der Waals surface area contributed by atoms with Gasteiger partial charge in [-0.05, 0) is 56.6 Å². The Morgan fingerprint density at radius 1 is 1.42 bits per heavy atom. The number of aromatic amines is 1. The van der Waals surface area contributed by atoms with Crippen LogP contribution >= 0.6 is 23.6 Å². The molecule has 0 saturated carbocycles. The summed E-state index contributed by atoms with van der Waals surface area (Å²) in [5.41, 5.74) is 1.93. The van der Waals surface area contributed by atoms with Crippen LogP contribution in [0.25, 0.3) is 10.2 Å². The molecule has 0 unspecified atom stereocenters. The summed E-state index contributed by atoms with van der Waals surface area (Å²) in [5.74, 6) is 0.142. The largest absolute Gasteiger partial charge is 0.337 e. The van der Waals surface area contributed by atoms with Crippen molar-refractivity contribution in [3.8, 4) is 6.07 Å². The fraction of sp³-hybridized carbons (Fsp3) is 0.389. The summed E-state index contributed by atoms with van der Waals surface area (Å²) in [7, 11) is 0. The van der Waals surface area contributed by atoms with E-state index in [2.05, 4.69) is 24.9 Å². The van der Waals surface area contributed by atoms with Gasteiger partial charge in [0.05, 0.1) is 10.2 Å². The molecule has 1 N–H and O–H groups in total. The zero-order chi connectivity index (χ0) is 17.9. The lowest BCUT2D eigenvalue weighted by Crippen LogP contribution is -2.37. The number of nitriles is 1. The first kappa shape index (κ1) is 18.4. The van der Waals surface area contributed by atoms with Crippen molar-refractivity contribution in [2.75, 3.05) is 4.90 Å². The van der Waals surface area contributed by atoms with Gasteiger partial charge in [0, 0.05) is 11.7 Å². The smallest absolute Gasteiger partial charge is 0.268 e. The van der Waals surface area contributed by atoms with Gasteiger partial charge in [-0.1, -0.05) is 19.9 Å². The van der Waals surface area contributed by atoms with E-state index in [-0.39, 0.29) is 17.5 Å². The molecule has 0 spiro atoms. The molecule has 0 aliphatic rings. The SMILES string of the molecule is CC(C)CC=C(C#N)C(=O)N(c1ccc2[nH]c(=S)sc2c1)C(C)C. The average Bonchev–Trinajstić information content (AvgIpc) is 2.86. The lowest BCUT2D eigenvalue weighted by Gasteiger charge is -2.26. The van der Waals surface area contributed by atoms with Crippen LogP contribution in [-0.2, 0) is 4.79 Å². The number of rotatable bonds is 5. The quantitative estimate of drug-likeness (QED) is 0.454. The number of hydrogen-bond donors (Lipinski definition) is 1. The molecular weight excluding hydrogens is 338 g/mol. The molecule has 0 bridgehead atoms. The molecule has 1 aromatic heterocycles. The third-order valence-corrected chi connectivity index (χ3v) is 4.76. The van der Waals surface area contributed by atoms with Crippen molar-refractivity contribution in [3.63, 3.8) is 0 Å². The predicted octanol–water partition coefficient (Wildman–Crippen LogP) is 5.20. The fourth-order valence-electron chi connectivity index (χ4n) is 2.40. The molecule has 24 heavy (non-hydrogen) atoms. The van der Waals surface area contributed by atoms with Crippen molar-refractivity contribution in [2.24, 2.45) is 5.92 Å². The Balaban J connectivity index is 2.43. The molecule has 2 aromatic rings. The minimum absolute atomic E-state index is 0.0577. The second-order valence-electron chi connectivity index (χ2n) is 6.32. The Kier molecular flexibility index (Phi) is 5.92. The minimum Gasteiger partial charge on any atom is -0.337 e. The van der Waals surface area contributed by atoms with Crippen molar-refractivity contribution in [2.45, 2.75) is 40.2 Å². The monoisotopic (exact) mass is 359 g/mol. The van der Waals surface area contributed by atoms with Gasteiger partial charge in [-0.2, -0.15) is 5.26 Å². The number of allylic oxidation sites excluding steroid dienone is 1. The van der Waals surface area contributed by atoms with Crippen LogP contribution in [0.2, 0.25) is 0 Å². The number of aromatic nitrogens is 1. The van der Waals surface area contributed by atoms with Gasteiger partial charge < -0.3 is 9.88 Å². The lowest BCUT2D eigenvalue weighted by atomic mass is 10.1. The molecule has 126 valence electrons. The van der Waals surface area contributed by atoms with E-state index in [4.69, 9.17) is 12.2 Å². The van der Waals surface area contributed by atoms with Gasteiger partial charge >= 0.3 is 0 Å². The number of benzene rings is 1. The molecule has 1 amide bonds. The molecule has 0 atom stereocenters. The number of carbonyl (C=O) groups excluding carboxylic acids is 1. The number of nitrogens with zero attached hydrogens (tertiary/aromatic N) is 2. The summed E-state index contributed by atoms with van der Waals surface area (Å²) in [6.45, 7) is 8.00. The van der Waals surface area contributed by atoms with Crippen molar-refractivity contribution >= 4 is 45.4 Å². The number of fused-ring (bicyclic) bond motifs is 1. The van der Waals surface area contributed by atoms with Crippen LogP contribution in [0.4, 0.5) is 5.69 Å². The first-order chi connectivity index (χ1) is 11.3. The Bertz CT molecular complexity index is 868. The van der Waals surface area contributed by atoms with Crippen molar-refractivity contribution in [1.29, 1.82) is 5.26 Å². The summed E-state index contributed by atoms with van der Waals surface area (Å²) in [5, 5.41) is 9.38. The topological polar surface area (TPSA) is 59.9 Å². The minimum atomic E-state index is -0.258. The van der Waals surface area contributed by atoms with Crippen LogP contribution in [0.1, 0.15) is 34.1 Å². The van der Waals surface area contributed by atoms with E-state index in [9.17, 15) is 10.1 Å². The van der Waals surface area contributed by atoms with Crippen molar-refractivity contribution in [1.82, 2.24) is 4.98 Å². The van der Waals surface area contributed by atoms with Gasteiger partial charge in [0.1, 0.15) is 11.6 Å². The summed E-state index contributed by atoms with van der Waals surface area (Å²) < 4.78 is 1.71. The van der Waals surface area contributed by atoms with Crippen molar-refractivity contribution in [3.05, 3.63) is 33.8 Å². The summed E-state index contributed by atoms with van der Waals surface area (Å²) in [4.78, 5) is 17.7. The van der Waals surface area contributed by atoms with Crippen molar-refractivity contribution < 1.29 is 4.79 Å². The van der Waals surface area contributed by atoms with E-state index >= 15 is 0 Å². The van der Waals surface area contributed by atoms with Crippen LogP contribution in [-0.4, -0.2) is 16.9 Å². The molecular formula is C18H21N3OS2. The first-order valence-corrected chi connectivity index (χ1v) is 9.12. The highest BCUT2D eigenvalue weighted by molar-refractivity contribution is 7.73. The van der Waals surface area contributed by atoms with Gasteiger partial charge in [-0.15, -0.1) is 11.3 Å². The van der Waals surface area contributed by atoms with Crippen LogP contribution in [0.5, 0.6) is 0 Å². The highest BCUT2D eigenvalue weighted by atomic mass is 32.1. The number of thiazole rings is 1. The van der Waals surface area contributed by atoms with Gasteiger partial charge in [-0.25, -0.2) is 0 Å². The molecule has 1 aromatic carbocycles. The highest BCUT2D eigenvalue weighted by Crippen LogP contribution is 2.27. The summed E-state index contributed by atoms with van der Waals surface area (Å²) in [6, 6.07) is 7.75. The van der Waals surface area contributed by atoms with Gasteiger partial charge in [0.2, 0.25) is 0 Å². The zero-order valence-corrected chi connectivity index (χ0v) is 15.9. The predicted molar refractivity (Wildman–Crippen MR) is 103 cm³/mol. The number of amides is 1. The maximum Gasteiger partial charge on any atom is 0.268 e. The molecule has 1 heterocycles. The van der Waals surface area contributed by atoms with Crippen LogP contribution in [0, 0.1) is 21.2 Å². The third kappa shape index (κ3) is 4.11. The average molecular weight is 360 g/mol. The molecule has 4 nitrogen and oxygen atoms in total. The second kappa shape index (κ2) is 7.73. The molecule has 6 heteroatoms. The normalized spacial score (nSPS) is 12.0. The van der Waals surface area contributed by atoms with E-state index < -0.39 is 0 Å². The standard InChI is InChI=1S/C18H21N3OS2/c1-11(2)5-6-13(10-19)17(22)21(12(3)4)14-7-8-15-16(9-14)24-18(23)20-15/h6-9,11-12H,5H2,1-4H3,(H,20,23). The highest BCUT2D eigenvalue weighted by Gasteiger charge is 2.23. The Labute approximate surface area is 151 Å². The Hall–Kier alpha value is -1.97. The second-order valence-corrected chi connectivity index (χ2v) is 8.04. The van der Waals surface area contributed by atoms with E-state index in [0.29, 0.717) is 16.3 Å². The number of H-pyrrole nitrogens is 1. The van der Waals surface area contributed by atoms with Crippen LogP contribution in [0.15, 0.2) is 29.8 Å². The van der Waals surface area contributed by atoms with Gasteiger partial charge in [-0.3, -0.25) is 4.79 Å². The number of anilines is 1. The molecule has 0 saturated heterocycles. The Morgan fingerprint density at radius 3 is 2.71 bits per heavy atom. The third-order valence-electron chi connectivity index (χ3n) is 3.56. The van der Waals surface area contributed by atoms with E-state index in [1.807, 2.05) is 32.0 Å². The number of carbonyl (C=O) groups is 1.